The number of carbonyl (C=O) groups excluding carboxylic acids is 1. The van der Waals surface area contributed by atoms with Crippen LogP contribution in [0.25, 0.3) is 0 Å². The van der Waals surface area contributed by atoms with Gasteiger partial charge in [0.2, 0.25) is 0 Å². The molecule has 0 aliphatic rings. The van der Waals surface area contributed by atoms with E-state index in [1.807, 2.05) is 26.0 Å². The van der Waals surface area contributed by atoms with Crippen molar-refractivity contribution in [3.8, 4) is 11.5 Å². The lowest BCUT2D eigenvalue weighted by molar-refractivity contribution is -0.137. The molecule has 0 aliphatic heterocycles. The summed E-state index contributed by atoms with van der Waals surface area (Å²) in [4.78, 5) is 11.6. The fraction of sp³-hybridized carbons (Fsp3) is 0.533. The van der Waals surface area contributed by atoms with Gasteiger partial charge in [-0.25, -0.2) is 0 Å². The highest BCUT2D eigenvalue weighted by molar-refractivity contribution is 5.74. The predicted octanol–water partition coefficient (Wildman–Crippen LogP) is 3.55. The van der Waals surface area contributed by atoms with E-state index in [-0.39, 0.29) is 17.3 Å². The molecule has 0 unspecified atom stereocenters. The van der Waals surface area contributed by atoms with E-state index in [4.69, 9.17) is 9.47 Å². The predicted molar refractivity (Wildman–Crippen MR) is 72.2 cm³/mol. The van der Waals surface area contributed by atoms with Gasteiger partial charge in [0.1, 0.15) is 11.5 Å². The van der Waals surface area contributed by atoms with Crippen LogP contribution in [-0.4, -0.2) is 13.1 Å². The van der Waals surface area contributed by atoms with E-state index in [9.17, 15) is 4.79 Å². The zero-order valence-electron chi connectivity index (χ0n) is 12.0. The summed E-state index contributed by atoms with van der Waals surface area (Å²) in [5, 5.41) is 0. The number of hydrogen-bond donors (Lipinski definition) is 0. The molecule has 3 nitrogen and oxygen atoms in total. The molecule has 0 spiro atoms. The van der Waals surface area contributed by atoms with E-state index < -0.39 is 0 Å². The topological polar surface area (TPSA) is 35.5 Å². The Morgan fingerprint density at radius 2 is 1.83 bits per heavy atom. The highest BCUT2D eigenvalue weighted by Crippen LogP contribution is 2.34. The van der Waals surface area contributed by atoms with Gasteiger partial charge in [-0.15, -0.1) is 0 Å². The van der Waals surface area contributed by atoms with Crippen LogP contribution in [0.3, 0.4) is 0 Å². The second-order valence-electron chi connectivity index (χ2n) is 5.69. The number of esters is 1. The van der Waals surface area contributed by atoms with Crippen molar-refractivity contribution < 1.29 is 14.3 Å². The largest absolute Gasteiger partial charge is 0.496 e. The lowest BCUT2D eigenvalue weighted by Crippen LogP contribution is -2.16. The summed E-state index contributed by atoms with van der Waals surface area (Å²) >= 11 is 0. The molecule has 0 saturated carbocycles. The summed E-state index contributed by atoms with van der Waals surface area (Å²) < 4.78 is 10.7. The van der Waals surface area contributed by atoms with Gasteiger partial charge in [0.05, 0.1) is 13.0 Å². The van der Waals surface area contributed by atoms with E-state index in [0.717, 1.165) is 11.3 Å². The fourth-order valence-electron chi connectivity index (χ4n) is 1.57. The minimum atomic E-state index is -0.222. The SMILES string of the molecule is COc1ccc(OC(=O)C(C)C)cc1C(C)(C)C. The summed E-state index contributed by atoms with van der Waals surface area (Å²) in [6, 6.07) is 5.47. The molecule has 0 aromatic heterocycles. The molecule has 1 rings (SSSR count). The number of benzene rings is 1. The van der Waals surface area contributed by atoms with E-state index in [0.29, 0.717) is 5.75 Å². The van der Waals surface area contributed by atoms with Gasteiger partial charge in [0.15, 0.2) is 0 Å². The van der Waals surface area contributed by atoms with Gasteiger partial charge < -0.3 is 9.47 Å². The van der Waals surface area contributed by atoms with Crippen molar-refractivity contribution in [3.63, 3.8) is 0 Å². The van der Waals surface area contributed by atoms with Gasteiger partial charge in [-0.05, 0) is 23.6 Å². The van der Waals surface area contributed by atoms with E-state index in [2.05, 4.69) is 20.8 Å². The van der Waals surface area contributed by atoms with Crippen LogP contribution < -0.4 is 9.47 Å². The molecule has 0 bridgehead atoms. The number of ether oxygens (including phenoxy) is 2. The molecule has 100 valence electrons. The number of rotatable bonds is 3. The average Bonchev–Trinajstić information content (AvgIpc) is 2.27. The van der Waals surface area contributed by atoms with Crippen LogP contribution in [-0.2, 0) is 10.2 Å². The first kappa shape index (κ1) is 14.6. The molecule has 0 saturated heterocycles. The van der Waals surface area contributed by atoms with Crippen molar-refractivity contribution >= 4 is 5.97 Å². The first-order valence-corrected chi connectivity index (χ1v) is 6.16. The zero-order valence-corrected chi connectivity index (χ0v) is 12.0. The maximum Gasteiger partial charge on any atom is 0.313 e. The Kier molecular flexibility index (Phi) is 4.38. The first-order valence-electron chi connectivity index (χ1n) is 6.16. The van der Waals surface area contributed by atoms with Crippen molar-refractivity contribution in [2.75, 3.05) is 7.11 Å². The standard InChI is InChI=1S/C15H22O3/c1-10(2)14(16)18-11-7-8-13(17-6)12(9-11)15(3,4)5/h7-10H,1-6H3. The third kappa shape index (κ3) is 3.49. The van der Waals surface area contributed by atoms with Crippen LogP contribution in [0.5, 0.6) is 11.5 Å². The maximum absolute atomic E-state index is 11.6. The van der Waals surface area contributed by atoms with Gasteiger partial charge in [-0.2, -0.15) is 0 Å². The molecule has 0 fully saturated rings. The molecular formula is C15H22O3. The third-order valence-electron chi connectivity index (χ3n) is 2.67. The Balaban J connectivity index is 3.08. The quantitative estimate of drug-likeness (QED) is 0.608. The van der Waals surface area contributed by atoms with Crippen molar-refractivity contribution in [2.24, 2.45) is 5.92 Å². The average molecular weight is 250 g/mol. The molecule has 0 radical (unpaired) electrons. The van der Waals surface area contributed by atoms with Gasteiger partial charge in [-0.1, -0.05) is 34.6 Å². The Labute approximate surface area is 109 Å². The Hall–Kier alpha value is -1.51. The summed E-state index contributed by atoms with van der Waals surface area (Å²) in [6.07, 6.45) is 0. The van der Waals surface area contributed by atoms with Crippen molar-refractivity contribution in [1.82, 2.24) is 0 Å². The van der Waals surface area contributed by atoms with Crippen LogP contribution in [0, 0.1) is 5.92 Å². The zero-order chi connectivity index (χ0) is 13.9. The monoisotopic (exact) mass is 250 g/mol. The van der Waals surface area contributed by atoms with E-state index >= 15 is 0 Å². The van der Waals surface area contributed by atoms with Crippen LogP contribution in [0.1, 0.15) is 40.2 Å². The normalized spacial score (nSPS) is 11.5. The van der Waals surface area contributed by atoms with Crippen molar-refractivity contribution in [3.05, 3.63) is 23.8 Å². The first-order chi connectivity index (χ1) is 8.25. The number of methoxy groups -OCH3 is 1. The van der Waals surface area contributed by atoms with Gasteiger partial charge in [-0.3, -0.25) is 4.79 Å². The lowest BCUT2D eigenvalue weighted by Gasteiger charge is -2.22. The summed E-state index contributed by atoms with van der Waals surface area (Å²) in [5.74, 6) is 1.02. The fourth-order valence-corrected chi connectivity index (χ4v) is 1.57. The van der Waals surface area contributed by atoms with Crippen LogP contribution in [0.4, 0.5) is 0 Å². The van der Waals surface area contributed by atoms with E-state index in [1.165, 1.54) is 0 Å². The van der Waals surface area contributed by atoms with Gasteiger partial charge in [0, 0.05) is 5.56 Å². The second kappa shape index (κ2) is 5.42. The van der Waals surface area contributed by atoms with E-state index in [1.54, 1.807) is 13.2 Å². The van der Waals surface area contributed by atoms with Gasteiger partial charge in [0.25, 0.3) is 0 Å². The smallest absolute Gasteiger partial charge is 0.313 e. The number of hydrogen-bond acceptors (Lipinski definition) is 3. The highest BCUT2D eigenvalue weighted by Gasteiger charge is 2.20. The minimum absolute atomic E-state index is 0.0639. The lowest BCUT2D eigenvalue weighted by atomic mass is 9.86. The van der Waals surface area contributed by atoms with Crippen molar-refractivity contribution in [2.45, 2.75) is 40.0 Å². The highest BCUT2D eigenvalue weighted by atomic mass is 16.5. The molecule has 0 aliphatic carbocycles. The molecule has 0 atom stereocenters. The minimum Gasteiger partial charge on any atom is -0.496 e. The Bertz CT molecular complexity index is 428. The van der Waals surface area contributed by atoms with Gasteiger partial charge >= 0.3 is 5.97 Å². The summed E-state index contributed by atoms with van der Waals surface area (Å²) in [6.45, 7) is 9.92. The van der Waals surface area contributed by atoms with Crippen LogP contribution in [0.15, 0.2) is 18.2 Å². The summed E-state index contributed by atoms with van der Waals surface area (Å²) in [5.41, 5.74) is 0.963. The molecule has 18 heavy (non-hydrogen) atoms. The second-order valence-corrected chi connectivity index (χ2v) is 5.69. The van der Waals surface area contributed by atoms with Crippen LogP contribution in [0.2, 0.25) is 0 Å². The molecule has 1 aromatic carbocycles. The number of carbonyl (C=O) groups is 1. The van der Waals surface area contributed by atoms with Crippen LogP contribution >= 0.6 is 0 Å². The molecule has 1 aromatic rings. The Morgan fingerprint density at radius 1 is 1.22 bits per heavy atom. The molecular weight excluding hydrogens is 228 g/mol. The Morgan fingerprint density at radius 3 is 2.28 bits per heavy atom. The molecule has 3 heteroatoms. The molecule has 0 amide bonds. The maximum atomic E-state index is 11.6. The van der Waals surface area contributed by atoms with Crippen molar-refractivity contribution in [1.29, 1.82) is 0 Å². The molecule has 0 N–H and O–H groups in total. The third-order valence-corrected chi connectivity index (χ3v) is 2.67. The molecule has 0 heterocycles. The summed E-state index contributed by atoms with van der Waals surface area (Å²) in [7, 11) is 1.64.